The van der Waals surface area contributed by atoms with E-state index in [1.807, 2.05) is 0 Å². The highest BCUT2D eigenvalue weighted by molar-refractivity contribution is 5.85. The predicted molar refractivity (Wildman–Crippen MR) is 68.5 cm³/mol. The van der Waals surface area contributed by atoms with Crippen LogP contribution in [0.25, 0.3) is 0 Å². The van der Waals surface area contributed by atoms with Gasteiger partial charge in [0.15, 0.2) is 0 Å². The molecule has 7 heteroatoms. The number of hydrogen-bond donors (Lipinski definition) is 2. The zero-order valence-electron chi connectivity index (χ0n) is 10.2. The number of hydrogen-bond acceptors (Lipinski definition) is 2. The highest BCUT2D eigenvalue weighted by Crippen LogP contribution is 2.31. The molecule has 0 fully saturated rings. The Labute approximate surface area is 115 Å². The molecule has 0 saturated heterocycles. The summed E-state index contributed by atoms with van der Waals surface area (Å²) in [5.41, 5.74) is 10.2. The molecule has 0 radical (unpaired) electrons. The monoisotopic (exact) mass is 300 g/mol. The van der Waals surface area contributed by atoms with E-state index in [2.05, 4.69) is 0 Å². The van der Waals surface area contributed by atoms with Crippen molar-refractivity contribution < 1.29 is 17.6 Å². The Morgan fingerprint density at radius 2 is 1.79 bits per heavy atom. The molecule has 0 amide bonds. The molecule has 4 N–H and O–H groups in total. The molecule has 0 aliphatic heterocycles. The second-order valence-corrected chi connectivity index (χ2v) is 4.13. The van der Waals surface area contributed by atoms with Crippen LogP contribution in [0.5, 0.6) is 0 Å². The van der Waals surface area contributed by atoms with Gasteiger partial charge in [-0.2, -0.15) is 13.2 Å². The van der Waals surface area contributed by atoms with Gasteiger partial charge in [0.2, 0.25) is 0 Å². The summed E-state index contributed by atoms with van der Waals surface area (Å²) >= 11 is 0. The molecule has 0 aromatic heterocycles. The first kappa shape index (κ1) is 18.1. The third kappa shape index (κ3) is 5.34. The van der Waals surface area contributed by atoms with E-state index < -0.39 is 23.6 Å². The molecule has 0 saturated carbocycles. The highest BCUT2D eigenvalue weighted by Gasteiger charge is 2.31. The van der Waals surface area contributed by atoms with E-state index in [1.165, 1.54) is 0 Å². The number of alkyl halides is 3. The fraction of sp³-hybridized carbons (Fsp3) is 0.500. The van der Waals surface area contributed by atoms with Gasteiger partial charge in [0.1, 0.15) is 5.82 Å². The van der Waals surface area contributed by atoms with Crippen molar-refractivity contribution in [1.29, 1.82) is 0 Å². The lowest BCUT2D eigenvalue weighted by Gasteiger charge is -2.14. The number of rotatable bonds is 5. The Balaban J connectivity index is 0.00000324. The zero-order chi connectivity index (χ0) is 13.8. The van der Waals surface area contributed by atoms with Crippen molar-refractivity contribution in [2.75, 3.05) is 6.54 Å². The minimum Gasteiger partial charge on any atom is -0.330 e. The lowest BCUT2D eigenvalue weighted by atomic mass is 10.00. The molecule has 0 bridgehead atoms. The van der Waals surface area contributed by atoms with E-state index in [4.69, 9.17) is 11.5 Å². The molecule has 1 atom stereocenters. The van der Waals surface area contributed by atoms with E-state index in [0.29, 0.717) is 19.0 Å². The first-order valence-electron chi connectivity index (χ1n) is 5.68. The fourth-order valence-corrected chi connectivity index (χ4v) is 1.67. The third-order valence-electron chi connectivity index (χ3n) is 2.70. The second kappa shape index (κ2) is 7.67. The summed E-state index contributed by atoms with van der Waals surface area (Å²) in [6.07, 6.45) is -2.56. The Hall–Kier alpha value is -0.850. The average molecular weight is 301 g/mol. The fourth-order valence-electron chi connectivity index (χ4n) is 1.67. The highest BCUT2D eigenvalue weighted by atomic mass is 35.5. The molecular weight excluding hydrogens is 284 g/mol. The van der Waals surface area contributed by atoms with Crippen LogP contribution in [0.3, 0.4) is 0 Å². The van der Waals surface area contributed by atoms with Crippen molar-refractivity contribution in [3.63, 3.8) is 0 Å². The molecule has 0 spiro atoms. The Morgan fingerprint density at radius 1 is 1.16 bits per heavy atom. The van der Waals surface area contributed by atoms with Gasteiger partial charge >= 0.3 is 6.18 Å². The number of benzene rings is 1. The van der Waals surface area contributed by atoms with E-state index in [1.54, 1.807) is 0 Å². The molecule has 0 unspecified atom stereocenters. The van der Waals surface area contributed by atoms with E-state index in [9.17, 15) is 17.6 Å². The van der Waals surface area contributed by atoms with E-state index >= 15 is 0 Å². The van der Waals surface area contributed by atoms with Gasteiger partial charge in [-0.1, -0.05) is 12.5 Å². The maximum Gasteiger partial charge on any atom is 0.416 e. The average Bonchev–Trinajstić information content (AvgIpc) is 2.27. The lowest BCUT2D eigenvalue weighted by molar-refractivity contribution is -0.137. The summed E-state index contributed by atoms with van der Waals surface area (Å²) < 4.78 is 50.5. The minimum absolute atomic E-state index is 0. The molecular formula is C12H17ClF4N2. The van der Waals surface area contributed by atoms with Gasteiger partial charge in [-0.25, -0.2) is 4.39 Å². The summed E-state index contributed by atoms with van der Waals surface area (Å²) in [5, 5.41) is 0. The van der Waals surface area contributed by atoms with E-state index in [0.717, 1.165) is 25.0 Å². The first-order chi connectivity index (χ1) is 8.36. The number of halogens is 5. The van der Waals surface area contributed by atoms with Crippen LogP contribution in [-0.2, 0) is 6.18 Å². The van der Waals surface area contributed by atoms with Crippen LogP contribution in [0, 0.1) is 5.82 Å². The van der Waals surface area contributed by atoms with Gasteiger partial charge in [0.25, 0.3) is 0 Å². The van der Waals surface area contributed by atoms with Crippen LogP contribution >= 0.6 is 12.4 Å². The molecule has 2 nitrogen and oxygen atoms in total. The van der Waals surface area contributed by atoms with Crippen molar-refractivity contribution >= 4 is 12.4 Å². The van der Waals surface area contributed by atoms with Crippen molar-refractivity contribution in [1.82, 2.24) is 0 Å². The molecule has 0 aliphatic rings. The number of nitrogens with two attached hydrogens (primary N) is 2. The van der Waals surface area contributed by atoms with Gasteiger partial charge in [-0.3, -0.25) is 0 Å². The van der Waals surface area contributed by atoms with Gasteiger partial charge in [-0.15, -0.1) is 12.4 Å². The zero-order valence-corrected chi connectivity index (χ0v) is 11.0. The van der Waals surface area contributed by atoms with E-state index in [-0.39, 0.29) is 18.0 Å². The van der Waals surface area contributed by atoms with Gasteiger partial charge in [-0.05, 0) is 31.5 Å². The Kier molecular flexibility index (Phi) is 7.33. The topological polar surface area (TPSA) is 52.0 Å². The summed E-state index contributed by atoms with van der Waals surface area (Å²) in [7, 11) is 0. The third-order valence-corrected chi connectivity index (χ3v) is 2.70. The number of unbranched alkanes of at least 4 members (excludes halogenated alkanes) is 1. The molecule has 1 aromatic carbocycles. The molecule has 0 aliphatic carbocycles. The van der Waals surface area contributed by atoms with Crippen molar-refractivity contribution in [2.45, 2.75) is 31.5 Å². The SMILES string of the molecule is Cl.NCCCC[C@@H](N)c1ccc(C(F)(F)F)cc1F. The molecule has 19 heavy (non-hydrogen) atoms. The van der Waals surface area contributed by atoms with Crippen LogP contribution in [-0.4, -0.2) is 6.54 Å². The van der Waals surface area contributed by atoms with Gasteiger partial charge in [0.05, 0.1) is 5.56 Å². The molecule has 0 heterocycles. The van der Waals surface area contributed by atoms with Crippen LogP contribution < -0.4 is 11.5 Å². The second-order valence-electron chi connectivity index (χ2n) is 4.13. The summed E-state index contributed by atoms with van der Waals surface area (Å²) in [4.78, 5) is 0. The summed E-state index contributed by atoms with van der Waals surface area (Å²) in [5.74, 6) is -0.912. The Morgan fingerprint density at radius 3 is 2.26 bits per heavy atom. The minimum atomic E-state index is -4.54. The molecule has 1 rings (SSSR count). The van der Waals surface area contributed by atoms with Crippen molar-refractivity contribution in [3.8, 4) is 0 Å². The quantitative estimate of drug-likeness (QED) is 0.647. The van der Waals surface area contributed by atoms with Crippen LogP contribution in [0.4, 0.5) is 17.6 Å². The molecule has 1 aromatic rings. The largest absolute Gasteiger partial charge is 0.416 e. The standard InChI is InChI=1S/C12H16F4N2.ClH/c13-10-7-8(12(14,15)16)4-5-9(10)11(18)3-1-2-6-17;/h4-5,7,11H,1-3,6,17-18H2;1H/t11-;/m1./s1. The smallest absolute Gasteiger partial charge is 0.330 e. The van der Waals surface area contributed by atoms with Crippen molar-refractivity contribution in [2.24, 2.45) is 11.5 Å². The normalized spacial score (nSPS) is 12.9. The van der Waals surface area contributed by atoms with Crippen LogP contribution in [0.15, 0.2) is 18.2 Å². The maximum atomic E-state index is 13.5. The lowest BCUT2D eigenvalue weighted by Crippen LogP contribution is -2.14. The van der Waals surface area contributed by atoms with Crippen LogP contribution in [0.1, 0.15) is 36.4 Å². The predicted octanol–water partition coefficient (Wildman–Crippen LogP) is 3.40. The summed E-state index contributed by atoms with van der Waals surface area (Å²) in [6.45, 7) is 0.516. The summed E-state index contributed by atoms with van der Waals surface area (Å²) in [6, 6.07) is 1.84. The van der Waals surface area contributed by atoms with Crippen molar-refractivity contribution in [3.05, 3.63) is 35.1 Å². The van der Waals surface area contributed by atoms with Crippen LogP contribution in [0.2, 0.25) is 0 Å². The van der Waals surface area contributed by atoms with Gasteiger partial charge in [0, 0.05) is 11.6 Å². The van der Waals surface area contributed by atoms with Gasteiger partial charge < -0.3 is 11.5 Å². The molecule has 110 valence electrons. The first-order valence-corrected chi connectivity index (χ1v) is 5.68. The Bertz CT molecular complexity index is 396. The maximum absolute atomic E-state index is 13.5.